The van der Waals surface area contributed by atoms with Gasteiger partial charge in [0.25, 0.3) is 0 Å². The van der Waals surface area contributed by atoms with Crippen molar-refractivity contribution in [3.8, 4) is 0 Å². The second-order valence-corrected chi connectivity index (χ2v) is 25.6. The van der Waals surface area contributed by atoms with E-state index < -0.39 is 0 Å². The number of aliphatic hydroxyl groups excluding tert-OH is 2. The van der Waals surface area contributed by atoms with Gasteiger partial charge in [-0.3, -0.25) is 0 Å². The Labute approximate surface area is 373 Å². The average molecular weight is 829 g/mol. The molecule has 6 fully saturated rings. The lowest BCUT2D eigenvalue weighted by molar-refractivity contribution is -0.00845. The van der Waals surface area contributed by atoms with Crippen molar-refractivity contribution >= 4 is 0 Å². The van der Waals surface area contributed by atoms with Crippen LogP contribution in [0.4, 0.5) is 0 Å². The molecule has 2 N–H and O–H groups in total. The Morgan fingerprint density at radius 2 is 0.833 bits per heavy atom. The summed E-state index contributed by atoms with van der Waals surface area (Å²) in [6, 6.07) is 0. The van der Waals surface area contributed by atoms with Crippen LogP contribution in [-0.2, 0) is 0 Å². The normalized spacial score (nSPS) is 42.8. The van der Waals surface area contributed by atoms with E-state index in [0.717, 1.165) is 72.0 Å². The molecule has 8 aliphatic carbocycles. The fraction of sp³-hybridized carbons (Fsp3) is 0.931. The fourth-order valence-electron chi connectivity index (χ4n) is 18.4. The first-order valence-corrected chi connectivity index (χ1v) is 27.2. The molecule has 0 amide bonds. The Bertz CT molecular complexity index is 1350. The Morgan fingerprint density at radius 1 is 0.450 bits per heavy atom. The van der Waals surface area contributed by atoms with E-state index in [1.807, 2.05) is 11.1 Å². The fourth-order valence-corrected chi connectivity index (χ4v) is 18.4. The van der Waals surface area contributed by atoms with Crippen molar-refractivity contribution in [2.24, 2.45) is 105 Å². The van der Waals surface area contributed by atoms with E-state index in [0.29, 0.717) is 58.5 Å². The van der Waals surface area contributed by atoms with Gasteiger partial charge in [0.2, 0.25) is 0 Å². The smallest absolute Gasteiger partial charge is 0.0433 e. The van der Waals surface area contributed by atoms with Crippen LogP contribution in [0.25, 0.3) is 0 Å². The summed E-state index contributed by atoms with van der Waals surface area (Å²) in [5.41, 5.74) is 6.18. The van der Waals surface area contributed by atoms with Crippen LogP contribution < -0.4 is 0 Å². The molecule has 6 saturated carbocycles. The van der Waals surface area contributed by atoms with Gasteiger partial charge in [0, 0.05) is 13.2 Å². The number of allylic oxidation sites excluding steroid dienone is 4. The number of hydrogen-bond acceptors (Lipinski definition) is 2. The third-order valence-corrected chi connectivity index (χ3v) is 22.4. The molecule has 0 spiro atoms. The van der Waals surface area contributed by atoms with E-state index in [-0.39, 0.29) is 0 Å². The molecular formula is C58H100O2. The monoisotopic (exact) mass is 829 g/mol. The summed E-state index contributed by atoms with van der Waals surface area (Å²) >= 11 is 0. The Kier molecular flexibility index (Phi) is 15.4. The quantitative estimate of drug-likeness (QED) is 0.171. The van der Waals surface area contributed by atoms with Crippen LogP contribution in [0.3, 0.4) is 0 Å². The van der Waals surface area contributed by atoms with E-state index in [4.69, 9.17) is 0 Å². The van der Waals surface area contributed by atoms with E-state index in [1.165, 1.54) is 141 Å². The van der Waals surface area contributed by atoms with E-state index >= 15 is 0 Å². The summed E-state index contributed by atoms with van der Waals surface area (Å²) in [5.74, 6) is 11.8. The van der Waals surface area contributed by atoms with Crippen molar-refractivity contribution in [1.29, 1.82) is 0 Å². The zero-order valence-corrected chi connectivity index (χ0v) is 41.5. The predicted octanol–water partition coefficient (Wildman–Crippen LogP) is 16.1. The third kappa shape index (κ3) is 8.88. The van der Waals surface area contributed by atoms with Crippen LogP contribution in [-0.4, -0.2) is 23.4 Å². The van der Waals surface area contributed by atoms with Gasteiger partial charge in [-0.15, -0.1) is 0 Å². The average Bonchev–Trinajstić information content (AvgIpc) is 3.77. The highest BCUT2D eigenvalue weighted by Gasteiger charge is 2.59. The highest BCUT2D eigenvalue weighted by atomic mass is 16.3. The molecule has 0 saturated heterocycles. The Hall–Kier alpha value is -0.600. The standard InChI is InChI=1S/2C29H50O/c2*1-20(2)22(16-19-30)10-9-21(3)25-13-14-26-24-12-11-23-8-6-7-17-28(23,4)27(24)15-18-29(25,26)5/h2*12,20-23,25-27,30H,6-11,13-19H2,1-5H3/t2*21-,22+,23?,25-,26+,27+,28+,29-/m11/s1. The van der Waals surface area contributed by atoms with Gasteiger partial charge in [-0.1, -0.05) is 131 Å². The molecule has 16 atom stereocenters. The highest BCUT2D eigenvalue weighted by Crippen LogP contribution is 2.69. The second kappa shape index (κ2) is 19.5. The van der Waals surface area contributed by atoms with Gasteiger partial charge in [-0.25, -0.2) is 0 Å². The van der Waals surface area contributed by atoms with Crippen molar-refractivity contribution in [1.82, 2.24) is 0 Å². The van der Waals surface area contributed by atoms with Crippen molar-refractivity contribution in [3.63, 3.8) is 0 Å². The van der Waals surface area contributed by atoms with Gasteiger partial charge in [-0.2, -0.15) is 0 Å². The van der Waals surface area contributed by atoms with Gasteiger partial charge >= 0.3 is 0 Å². The first-order chi connectivity index (χ1) is 28.6. The second-order valence-electron chi connectivity index (χ2n) is 25.6. The maximum atomic E-state index is 9.46. The van der Waals surface area contributed by atoms with Crippen LogP contribution in [0.1, 0.15) is 223 Å². The molecule has 8 aliphatic rings. The molecule has 60 heavy (non-hydrogen) atoms. The summed E-state index contributed by atoms with van der Waals surface area (Å²) in [5, 5.41) is 18.9. The first kappa shape index (κ1) is 47.4. The van der Waals surface area contributed by atoms with Gasteiger partial charge in [0.05, 0.1) is 0 Å². The van der Waals surface area contributed by atoms with Gasteiger partial charge < -0.3 is 10.2 Å². The molecule has 2 unspecified atom stereocenters. The topological polar surface area (TPSA) is 40.5 Å². The molecule has 0 aromatic carbocycles. The first-order valence-electron chi connectivity index (χ1n) is 27.2. The molecule has 8 rings (SSSR count). The van der Waals surface area contributed by atoms with Crippen LogP contribution in [0.2, 0.25) is 0 Å². The van der Waals surface area contributed by atoms with Crippen molar-refractivity contribution in [2.75, 3.05) is 13.2 Å². The van der Waals surface area contributed by atoms with Gasteiger partial charge in [0.15, 0.2) is 0 Å². The SMILES string of the molecule is CC(C)[C@H](CCO)CC[C@@H](C)[C@H]1CC[C@H]2C3=CCC4CCCC[C@]4(C)[C@H]3CC[C@]12C.CC(C)[C@H](CCO)CC[C@@H](C)[C@H]1CC[C@H]2C3=CCC4CCCC[C@]4(C)[C@H]3CC[C@]12C. The summed E-state index contributed by atoms with van der Waals surface area (Å²) in [4.78, 5) is 0. The molecule has 0 aromatic heterocycles. The minimum Gasteiger partial charge on any atom is -0.396 e. The lowest BCUT2D eigenvalue weighted by Gasteiger charge is -2.57. The molecule has 0 bridgehead atoms. The molecule has 0 heterocycles. The highest BCUT2D eigenvalue weighted by molar-refractivity contribution is 5.29. The van der Waals surface area contributed by atoms with Crippen LogP contribution in [0, 0.1) is 105 Å². The molecule has 0 aliphatic heterocycles. The summed E-state index contributed by atoms with van der Waals surface area (Å²) in [6.07, 6.45) is 39.2. The molecule has 0 aromatic rings. The molecule has 0 radical (unpaired) electrons. The predicted molar refractivity (Wildman–Crippen MR) is 256 cm³/mol. The minimum absolute atomic E-state index is 0.357. The molecule has 2 nitrogen and oxygen atoms in total. The van der Waals surface area contributed by atoms with Crippen LogP contribution in [0.15, 0.2) is 23.3 Å². The van der Waals surface area contributed by atoms with E-state index in [2.05, 4.69) is 81.4 Å². The van der Waals surface area contributed by atoms with Gasteiger partial charge in [-0.05, 0) is 220 Å². The van der Waals surface area contributed by atoms with E-state index in [1.54, 1.807) is 0 Å². The van der Waals surface area contributed by atoms with Crippen molar-refractivity contribution in [3.05, 3.63) is 23.3 Å². The van der Waals surface area contributed by atoms with Crippen LogP contribution in [0.5, 0.6) is 0 Å². The van der Waals surface area contributed by atoms with Crippen molar-refractivity contribution < 1.29 is 10.2 Å². The maximum Gasteiger partial charge on any atom is 0.0433 e. The van der Waals surface area contributed by atoms with E-state index in [9.17, 15) is 10.2 Å². The number of rotatable bonds is 14. The van der Waals surface area contributed by atoms with Gasteiger partial charge in [0.1, 0.15) is 0 Å². The zero-order valence-electron chi connectivity index (χ0n) is 41.5. The summed E-state index contributed by atoms with van der Waals surface area (Å²) in [6.45, 7) is 25.9. The number of aliphatic hydroxyl groups is 2. The number of hydrogen-bond donors (Lipinski definition) is 2. The Morgan fingerprint density at radius 3 is 1.20 bits per heavy atom. The number of fused-ring (bicyclic) bond motifs is 10. The molecule has 2 heteroatoms. The van der Waals surface area contributed by atoms with Crippen molar-refractivity contribution in [2.45, 2.75) is 223 Å². The minimum atomic E-state index is 0.357. The molecule has 344 valence electrons. The zero-order chi connectivity index (χ0) is 43.0. The lowest BCUT2D eigenvalue weighted by Crippen LogP contribution is -2.48. The summed E-state index contributed by atoms with van der Waals surface area (Å²) < 4.78 is 0. The Balaban J connectivity index is 0.000000181. The summed E-state index contributed by atoms with van der Waals surface area (Å²) in [7, 11) is 0. The largest absolute Gasteiger partial charge is 0.396 e. The lowest BCUT2D eigenvalue weighted by atomic mass is 9.48. The maximum absolute atomic E-state index is 9.46. The van der Waals surface area contributed by atoms with Crippen LogP contribution >= 0.6 is 0 Å². The third-order valence-electron chi connectivity index (χ3n) is 22.4. The molecular weight excluding hydrogens is 729 g/mol.